The normalized spacial score (nSPS) is 15.8. The van der Waals surface area contributed by atoms with E-state index in [1.165, 1.54) is 0 Å². The van der Waals surface area contributed by atoms with Crippen molar-refractivity contribution in [2.75, 3.05) is 11.9 Å². The van der Waals surface area contributed by atoms with Crippen molar-refractivity contribution in [3.63, 3.8) is 0 Å². The van der Waals surface area contributed by atoms with Gasteiger partial charge in [0.1, 0.15) is 12.2 Å². The molecule has 1 atom stereocenters. The van der Waals surface area contributed by atoms with E-state index in [0.29, 0.717) is 34.5 Å². The van der Waals surface area contributed by atoms with Crippen molar-refractivity contribution >= 4 is 34.8 Å². The third kappa shape index (κ3) is 5.59. The van der Waals surface area contributed by atoms with Crippen LogP contribution in [-0.4, -0.2) is 41.1 Å². The molecule has 3 rings (SSSR count). The largest absolute Gasteiger partial charge is 0.494 e. The van der Waals surface area contributed by atoms with Gasteiger partial charge < -0.3 is 10.1 Å². The Hall–Kier alpha value is -3.88. The number of rotatable bonds is 7. The summed E-state index contributed by atoms with van der Waals surface area (Å²) in [4.78, 5) is 37.2. The van der Waals surface area contributed by atoms with Crippen molar-refractivity contribution in [3.8, 4) is 5.75 Å². The summed E-state index contributed by atoms with van der Waals surface area (Å²) >= 11 is 0. The van der Waals surface area contributed by atoms with Crippen molar-refractivity contribution in [2.24, 2.45) is 15.3 Å². The number of ether oxygens (including phenoxy) is 1. The van der Waals surface area contributed by atoms with Gasteiger partial charge in [-0.2, -0.15) is 20.3 Å². The quantitative estimate of drug-likeness (QED) is 0.543. The van der Waals surface area contributed by atoms with Gasteiger partial charge in [-0.1, -0.05) is 17.7 Å². The molecule has 2 aromatic carbocycles. The molecule has 0 fully saturated rings. The van der Waals surface area contributed by atoms with E-state index in [-0.39, 0.29) is 0 Å². The van der Waals surface area contributed by atoms with Crippen LogP contribution in [0.3, 0.4) is 0 Å². The summed E-state index contributed by atoms with van der Waals surface area (Å²) in [6.45, 7) is 5.96. The van der Waals surface area contributed by atoms with E-state index in [2.05, 4.69) is 20.6 Å². The molecule has 1 unspecified atom stereocenters. The van der Waals surface area contributed by atoms with Crippen LogP contribution in [0.1, 0.15) is 25.8 Å². The number of hydrogen-bond acceptors (Lipinski definition) is 7. The first kappa shape index (κ1) is 21.8. The predicted molar refractivity (Wildman–Crippen MR) is 115 cm³/mol. The summed E-state index contributed by atoms with van der Waals surface area (Å²) in [5.74, 6) is -1.20. The van der Waals surface area contributed by atoms with Crippen molar-refractivity contribution in [1.82, 2.24) is 5.01 Å². The van der Waals surface area contributed by atoms with Gasteiger partial charge in [-0.15, -0.1) is 0 Å². The predicted octanol–water partition coefficient (Wildman–Crippen LogP) is 3.62. The SMILES string of the molecule is CCOc1ccc(N=NC2C(=O)N(C(=O)CC(=O)Nc3ccc(C)cc3)N=C2C)cc1. The monoisotopic (exact) mass is 421 g/mol. The number of nitrogens with one attached hydrogen (secondary N) is 1. The lowest BCUT2D eigenvalue weighted by molar-refractivity contribution is -0.144. The Bertz CT molecular complexity index is 1030. The zero-order valence-corrected chi connectivity index (χ0v) is 17.5. The number of carbonyl (C=O) groups excluding carboxylic acids is 3. The van der Waals surface area contributed by atoms with E-state index >= 15 is 0 Å². The molecule has 1 N–H and O–H groups in total. The molecule has 3 amide bonds. The van der Waals surface area contributed by atoms with Crippen molar-refractivity contribution in [2.45, 2.75) is 33.2 Å². The van der Waals surface area contributed by atoms with Gasteiger partial charge in [-0.05, 0) is 57.2 Å². The molecule has 9 nitrogen and oxygen atoms in total. The van der Waals surface area contributed by atoms with E-state index in [1.807, 2.05) is 26.0 Å². The van der Waals surface area contributed by atoms with E-state index in [0.717, 1.165) is 5.56 Å². The second kappa shape index (κ2) is 9.75. The first-order valence-electron chi connectivity index (χ1n) is 9.79. The lowest BCUT2D eigenvalue weighted by Crippen LogP contribution is -2.36. The number of hydrogen-bond donors (Lipinski definition) is 1. The van der Waals surface area contributed by atoms with Crippen LogP contribution in [0.2, 0.25) is 0 Å². The molecule has 9 heteroatoms. The zero-order valence-electron chi connectivity index (χ0n) is 17.5. The minimum Gasteiger partial charge on any atom is -0.494 e. The number of nitrogens with zero attached hydrogens (tertiary/aromatic N) is 4. The first-order chi connectivity index (χ1) is 14.9. The van der Waals surface area contributed by atoms with Gasteiger partial charge in [0.05, 0.1) is 18.0 Å². The number of benzene rings is 2. The van der Waals surface area contributed by atoms with E-state index in [4.69, 9.17) is 4.74 Å². The van der Waals surface area contributed by atoms with Gasteiger partial charge in [0.15, 0.2) is 6.04 Å². The number of anilines is 1. The highest BCUT2D eigenvalue weighted by molar-refractivity contribution is 6.18. The second-order valence-corrected chi connectivity index (χ2v) is 6.92. The van der Waals surface area contributed by atoms with Crippen LogP contribution >= 0.6 is 0 Å². The Morgan fingerprint density at radius 2 is 1.77 bits per heavy atom. The van der Waals surface area contributed by atoms with Crippen LogP contribution in [0.5, 0.6) is 5.75 Å². The summed E-state index contributed by atoms with van der Waals surface area (Å²) in [7, 11) is 0. The number of imide groups is 1. The summed E-state index contributed by atoms with van der Waals surface area (Å²) in [6, 6.07) is 13.1. The Labute approximate surface area is 179 Å². The van der Waals surface area contributed by atoms with Gasteiger partial charge in [-0.25, -0.2) is 0 Å². The minimum atomic E-state index is -1.00. The molecule has 0 saturated carbocycles. The number of hydrazone groups is 1. The fourth-order valence-corrected chi connectivity index (χ4v) is 2.82. The minimum absolute atomic E-state index is 0.326. The maximum atomic E-state index is 12.6. The molecule has 1 aliphatic rings. The van der Waals surface area contributed by atoms with Crippen LogP contribution in [0.25, 0.3) is 0 Å². The molecule has 0 spiro atoms. The van der Waals surface area contributed by atoms with Crippen LogP contribution in [-0.2, 0) is 14.4 Å². The average molecular weight is 421 g/mol. The molecule has 0 bridgehead atoms. The van der Waals surface area contributed by atoms with E-state index in [9.17, 15) is 14.4 Å². The molecular weight excluding hydrogens is 398 g/mol. The van der Waals surface area contributed by atoms with Crippen molar-refractivity contribution < 1.29 is 19.1 Å². The Kier molecular flexibility index (Phi) is 6.86. The molecular formula is C22H23N5O4. The zero-order chi connectivity index (χ0) is 22.4. The second-order valence-electron chi connectivity index (χ2n) is 6.92. The molecule has 2 aromatic rings. The highest BCUT2D eigenvalue weighted by Crippen LogP contribution is 2.21. The molecule has 1 heterocycles. The number of carbonyl (C=O) groups is 3. The fraction of sp³-hybridized carbons (Fsp3) is 0.273. The number of amides is 3. The lowest BCUT2D eigenvalue weighted by Gasteiger charge is -2.11. The van der Waals surface area contributed by atoms with Crippen molar-refractivity contribution in [1.29, 1.82) is 0 Å². The van der Waals surface area contributed by atoms with Crippen LogP contribution in [0.15, 0.2) is 63.9 Å². The van der Waals surface area contributed by atoms with Gasteiger partial charge in [0.25, 0.3) is 11.8 Å². The molecule has 0 aromatic heterocycles. The number of azo groups is 1. The molecule has 0 aliphatic carbocycles. The van der Waals surface area contributed by atoms with E-state index < -0.39 is 30.2 Å². The van der Waals surface area contributed by atoms with Gasteiger partial charge >= 0.3 is 0 Å². The van der Waals surface area contributed by atoms with E-state index in [1.54, 1.807) is 43.3 Å². The maximum absolute atomic E-state index is 12.6. The van der Waals surface area contributed by atoms with Crippen molar-refractivity contribution in [3.05, 3.63) is 54.1 Å². The smallest absolute Gasteiger partial charge is 0.282 e. The van der Waals surface area contributed by atoms with Crippen LogP contribution < -0.4 is 10.1 Å². The highest BCUT2D eigenvalue weighted by Gasteiger charge is 2.38. The molecule has 1 aliphatic heterocycles. The first-order valence-corrected chi connectivity index (χ1v) is 9.79. The maximum Gasteiger partial charge on any atom is 0.282 e. The summed E-state index contributed by atoms with van der Waals surface area (Å²) in [6.07, 6.45) is -0.515. The Balaban J connectivity index is 1.59. The van der Waals surface area contributed by atoms with Gasteiger partial charge in [0, 0.05) is 5.69 Å². The summed E-state index contributed by atoms with van der Waals surface area (Å²) in [5.41, 5.74) is 2.48. The lowest BCUT2D eigenvalue weighted by atomic mass is 10.2. The Morgan fingerprint density at radius 3 is 2.42 bits per heavy atom. The van der Waals surface area contributed by atoms with Crippen LogP contribution in [0.4, 0.5) is 11.4 Å². The summed E-state index contributed by atoms with van der Waals surface area (Å²) in [5, 5.41) is 15.4. The fourth-order valence-electron chi connectivity index (χ4n) is 2.82. The molecule has 160 valence electrons. The Morgan fingerprint density at radius 1 is 1.10 bits per heavy atom. The molecule has 0 radical (unpaired) electrons. The standard InChI is InChI=1S/C22H23N5O4/c1-4-31-18-11-9-17(10-12-18)24-25-21-15(3)26-27(22(21)30)20(29)13-19(28)23-16-7-5-14(2)6-8-16/h5-12,21H,4,13H2,1-3H3,(H,23,28). The topological polar surface area (TPSA) is 113 Å². The third-order valence-electron chi connectivity index (χ3n) is 4.42. The van der Waals surface area contributed by atoms with Gasteiger partial charge in [0.2, 0.25) is 5.91 Å². The highest BCUT2D eigenvalue weighted by atomic mass is 16.5. The number of aryl methyl sites for hydroxylation is 1. The summed E-state index contributed by atoms with van der Waals surface area (Å²) < 4.78 is 5.37. The molecule has 31 heavy (non-hydrogen) atoms. The van der Waals surface area contributed by atoms with Gasteiger partial charge in [-0.3, -0.25) is 14.4 Å². The van der Waals surface area contributed by atoms with Crippen LogP contribution in [0, 0.1) is 6.92 Å². The molecule has 0 saturated heterocycles. The average Bonchev–Trinajstić information content (AvgIpc) is 3.03. The third-order valence-corrected chi connectivity index (χ3v) is 4.42.